The molecule has 3 atom stereocenters. The summed E-state index contributed by atoms with van der Waals surface area (Å²) in [6, 6.07) is 9.59. The van der Waals surface area contributed by atoms with Crippen molar-refractivity contribution >= 4 is 12.0 Å². The highest BCUT2D eigenvalue weighted by atomic mass is 19.4. The van der Waals surface area contributed by atoms with Gasteiger partial charge in [-0.2, -0.15) is 26.3 Å². The third-order valence-electron chi connectivity index (χ3n) is 7.59. The van der Waals surface area contributed by atoms with E-state index in [-0.39, 0.29) is 35.9 Å². The van der Waals surface area contributed by atoms with Crippen LogP contribution < -0.4 is 4.90 Å². The Morgan fingerprint density at radius 2 is 1.47 bits per heavy atom. The number of nitrogens with zero attached hydrogens (tertiary/aromatic N) is 4. The number of hydrogen-bond donors (Lipinski definition) is 1. The van der Waals surface area contributed by atoms with Crippen molar-refractivity contribution in [1.82, 2.24) is 14.9 Å². The van der Waals surface area contributed by atoms with Gasteiger partial charge in [-0.1, -0.05) is 37.3 Å². The maximum absolute atomic E-state index is 13.7. The molecule has 0 unspecified atom stereocenters. The van der Waals surface area contributed by atoms with Crippen LogP contribution in [0.25, 0.3) is 0 Å². The molecule has 1 aromatic heterocycles. The minimum atomic E-state index is -5.01. The molecule has 0 bridgehead atoms. The molecule has 2 heterocycles. The van der Waals surface area contributed by atoms with Gasteiger partial charge in [0.1, 0.15) is 5.60 Å². The lowest BCUT2D eigenvalue weighted by molar-refractivity contribution is -0.143. The van der Waals surface area contributed by atoms with Crippen molar-refractivity contribution < 1.29 is 41.0 Å². The lowest BCUT2D eigenvalue weighted by atomic mass is 9.86. The second-order valence-corrected chi connectivity index (χ2v) is 12.2. The third kappa shape index (κ3) is 8.79. The highest BCUT2D eigenvalue weighted by Gasteiger charge is 2.43. The van der Waals surface area contributed by atoms with E-state index in [0.29, 0.717) is 37.8 Å². The number of rotatable bonds is 7. The predicted octanol–water partition coefficient (Wildman–Crippen LogP) is 8.02. The molecule has 1 aliphatic heterocycles. The van der Waals surface area contributed by atoms with Crippen LogP contribution in [0.5, 0.6) is 5.75 Å². The Hall–Kier alpha value is -4.03. The third-order valence-corrected chi connectivity index (χ3v) is 7.59. The van der Waals surface area contributed by atoms with Crippen LogP contribution in [0, 0.1) is 0 Å². The van der Waals surface area contributed by atoms with E-state index >= 15 is 0 Å². The monoisotopic (exact) mass is 638 g/mol. The van der Waals surface area contributed by atoms with Crippen molar-refractivity contribution in [2.75, 3.05) is 4.90 Å². The minimum absolute atomic E-state index is 0.0165. The standard InChI is InChI=1S/C32H36F6N4O3/c1-5-24-15-25(16-26(13-20-9-7-6-8-10-20)42(24)29(44)45-30(2,3)4)41(28-39-17-27(43)18-40-28)19-21-11-22(31(33,34)35)14-23(12-21)32(36,37)38/h6-12,14,17-18,24-26,43H,5,13,15-16,19H2,1-4H3/t24-,25+,26+/m1/s1. The lowest BCUT2D eigenvalue weighted by Gasteiger charge is -2.48. The number of amides is 1. The van der Waals surface area contributed by atoms with Gasteiger partial charge < -0.3 is 19.6 Å². The average molecular weight is 639 g/mol. The zero-order valence-electron chi connectivity index (χ0n) is 25.4. The van der Waals surface area contributed by atoms with E-state index in [0.717, 1.165) is 18.0 Å². The number of hydrogen-bond acceptors (Lipinski definition) is 6. The van der Waals surface area contributed by atoms with Gasteiger partial charge in [-0.05, 0) is 75.8 Å². The Kier molecular flexibility index (Phi) is 9.88. The van der Waals surface area contributed by atoms with Crippen LogP contribution >= 0.6 is 0 Å². The Balaban J connectivity index is 1.79. The number of anilines is 1. The van der Waals surface area contributed by atoms with Gasteiger partial charge in [-0.25, -0.2) is 14.8 Å². The molecule has 3 aromatic rings. The summed E-state index contributed by atoms with van der Waals surface area (Å²) in [5.41, 5.74) is -2.92. The van der Waals surface area contributed by atoms with Crippen molar-refractivity contribution in [1.29, 1.82) is 0 Å². The molecule has 1 N–H and O–H groups in total. The van der Waals surface area contributed by atoms with E-state index in [9.17, 15) is 36.2 Å². The molecule has 1 fully saturated rings. The summed E-state index contributed by atoms with van der Waals surface area (Å²) >= 11 is 0. The fourth-order valence-corrected chi connectivity index (χ4v) is 5.68. The predicted molar refractivity (Wildman–Crippen MR) is 155 cm³/mol. The SMILES string of the molecule is CC[C@@H]1C[C@H](N(Cc2cc(C(F)(F)F)cc(C(F)(F)F)c2)c2ncc(O)cn2)C[C@H](Cc2ccccc2)N1C(=O)OC(C)(C)C. The van der Waals surface area contributed by atoms with Gasteiger partial charge in [0.25, 0.3) is 0 Å². The van der Waals surface area contributed by atoms with E-state index in [4.69, 9.17) is 4.74 Å². The molecule has 0 radical (unpaired) electrons. The van der Waals surface area contributed by atoms with Crippen molar-refractivity contribution in [2.45, 2.75) is 96.0 Å². The Labute approximate surface area is 257 Å². The van der Waals surface area contributed by atoms with Crippen molar-refractivity contribution in [3.05, 3.63) is 83.2 Å². The summed E-state index contributed by atoms with van der Waals surface area (Å²) in [5, 5.41) is 9.81. The second kappa shape index (κ2) is 13.1. The second-order valence-electron chi connectivity index (χ2n) is 12.2. The molecule has 0 aliphatic carbocycles. The first kappa shape index (κ1) is 33.9. The van der Waals surface area contributed by atoms with E-state index in [1.54, 1.807) is 30.6 Å². The molecule has 1 amide bonds. The zero-order valence-corrected chi connectivity index (χ0v) is 25.4. The first-order valence-electron chi connectivity index (χ1n) is 14.6. The van der Waals surface area contributed by atoms with Crippen LogP contribution in [0.15, 0.2) is 60.9 Å². The molecular weight excluding hydrogens is 602 g/mol. The van der Waals surface area contributed by atoms with Crippen LogP contribution in [0.1, 0.15) is 69.2 Å². The highest BCUT2D eigenvalue weighted by Crippen LogP contribution is 2.38. The fourth-order valence-electron chi connectivity index (χ4n) is 5.68. The summed E-state index contributed by atoms with van der Waals surface area (Å²) in [5.74, 6) is -0.243. The fraction of sp³-hybridized carbons (Fsp3) is 0.469. The minimum Gasteiger partial charge on any atom is -0.505 e. The van der Waals surface area contributed by atoms with Crippen LogP contribution in [0.3, 0.4) is 0 Å². The average Bonchev–Trinajstić information content (AvgIpc) is 2.94. The number of alkyl halides is 6. The van der Waals surface area contributed by atoms with Gasteiger partial charge in [0.2, 0.25) is 5.95 Å². The zero-order chi connectivity index (χ0) is 33.2. The first-order chi connectivity index (χ1) is 20.9. The van der Waals surface area contributed by atoms with Crippen LogP contribution in [0.4, 0.5) is 37.1 Å². The summed E-state index contributed by atoms with van der Waals surface area (Å²) < 4.78 is 88.0. The summed E-state index contributed by atoms with van der Waals surface area (Å²) in [7, 11) is 0. The molecule has 1 aliphatic rings. The smallest absolute Gasteiger partial charge is 0.416 e. The van der Waals surface area contributed by atoms with Gasteiger partial charge in [0.15, 0.2) is 5.75 Å². The van der Waals surface area contributed by atoms with Crippen molar-refractivity contribution in [3.8, 4) is 5.75 Å². The molecule has 0 spiro atoms. The van der Waals surface area contributed by atoms with Crippen molar-refractivity contribution in [3.63, 3.8) is 0 Å². The molecule has 7 nitrogen and oxygen atoms in total. The number of benzene rings is 2. The van der Waals surface area contributed by atoms with E-state index in [1.807, 2.05) is 37.3 Å². The number of carbonyl (C=O) groups excluding carboxylic acids is 1. The topological polar surface area (TPSA) is 78.8 Å². The summed E-state index contributed by atoms with van der Waals surface area (Å²) in [6.07, 6.45) is -6.77. The van der Waals surface area contributed by atoms with E-state index < -0.39 is 47.3 Å². The Bertz CT molecular complexity index is 1410. The molecule has 2 aromatic carbocycles. The largest absolute Gasteiger partial charge is 0.505 e. The van der Waals surface area contributed by atoms with Gasteiger partial charge in [-0.15, -0.1) is 0 Å². The van der Waals surface area contributed by atoms with Gasteiger partial charge >= 0.3 is 18.4 Å². The Morgan fingerprint density at radius 1 is 0.911 bits per heavy atom. The van der Waals surface area contributed by atoms with Crippen LogP contribution in [-0.4, -0.2) is 49.8 Å². The summed E-state index contributed by atoms with van der Waals surface area (Å²) in [4.78, 5) is 25.1. The molecule has 1 saturated heterocycles. The number of piperidine rings is 1. The van der Waals surface area contributed by atoms with E-state index in [1.165, 1.54) is 0 Å². The van der Waals surface area contributed by atoms with Crippen LogP contribution in [-0.2, 0) is 30.1 Å². The number of halogens is 6. The number of aromatic hydroxyl groups is 1. The van der Waals surface area contributed by atoms with Crippen LogP contribution in [0.2, 0.25) is 0 Å². The van der Waals surface area contributed by atoms with E-state index in [2.05, 4.69) is 9.97 Å². The molecule has 45 heavy (non-hydrogen) atoms. The first-order valence-corrected chi connectivity index (χ1v) is 14.6. The van der Waals surface area contributed by atoms with Gasteiger partial charge in [0.05, 0.1) is 23.5 Å². The maximum Gasteiger partial charge on any atom is 0.416 e. The molecular formula is C32H36F6N4O3. The molecule has 13 heteroatoms. The van der Waals surface area contributed by atoms with Gasteiger partial charge in [-0.3, -0.25) is 0 Å². The number of ether oxygens (including phenoxy) is 1. The number of carbonyl (C=O) groups is 1. The molecule has 0 saturated carbocycles. The van der Waals surface area contributed by atoms with Crippen molar-refractivity contribution in [2.24, 2.45) is 0 Å². The lowest BCUT2D eigenvalue weighted by Crippen LogP contribution is -2.58. The number of likely N-dealkylation sites (tertiary alicyclic amines) is 1. The summed E-state index contributed by atoms with van der Waals surface area (Å²) in [6.45, 7) is 6.80. The highest BCUT2D eigenvalue weighted by molar-refractivity contribution is 5.69. The molecule has 4 rings (SSSR count). The van der Waals surface area contributed by atoms with Gasteiger partial charge in [0, 0.05) is 24.7 Å². The molecule has 244 valence electrons. The number of aromatic nitrogens is 2. The quantitative estimate of drug-likeness (QED) is 0.264. The maximum atomic E-state index is 13.7. The normalized spacial score (nSPS) is 19.3. The Morgan fingerprint density at radius 3 is 1.98 bits per heavy atom.